The monoisotopic (exact) mass is 379 g/mol. The average Bonchev–Trinajstić information content (AvgIpc) is 3.28. The summed E-state index contributed by atoms with van der Waals surface area (Å²) in [5, 5.41) is 11.9. The third-order valence-electron chi connectivity index (χ3n) is 5.72. The molecule has 2 fully saturated rings. The molecule has 0 spiro atoms. The van der Waals surface area contributed by atoms with Crippen LogP contribution in [0.2, 0.25) is 0 Å². The van der Waals surface area contributed by atoms with Gasteiger partial charge < -0.3 is 10.4 Å². The standard InChI is InChI=1S/C19H25NO5S/c21-17(13-19(18(22)23)11-3-4-12-19)20-14-7-9-16(10-8-14)26(24,25)15-5-1-2-6-15/h7-10,15H,1-6,11-13H2,(H,20,21)(H,22,23). The van der Waals surface area contributed by atoms with E-state index in [0.717, 1.165) is 25.7 Å². The smallest absolute Gasteiger partial charge is 0.310 e. The number of carbonyl (C=O) groups is 2. The first-order chi connectivity index (χ1) is 12.3. The van der Waals surface area contributed by atoms with Crippen molar-refractivity contribution in [3.05, 3.63) is 24.3 Å². The van der Waals surface area contributed by atoms with Crippen LogP contribution in [-0.2, 0) is 19.4 Å². The summed E-state index contributed by atoms with van der Waals surface area (Å²) < 4.78 is 25.1. The van der Waals surface area contributed by atoms with Crippen LogP contribution >= 0.6 is 0 Å². The average molecular weight is 379 g/mol. The maximum absolute atomic E-state index is 12.6. The molecule has 3 rings (SSSR count). The summed E-state index contributed by atoms with van der Waals surface area (Å²) in [4.78, 5) is 24.1. The van der Waals surface area contributed by atoms with Crippen LogP contribution in [0.15, 0.2) is 29.2 Å². The Balaban J connectivity index is 1.65. The number of anilines is 1. The number of hydrogen-bond acceptors (Lipinski definition) is 4. The molecule has 2 saturated carbocycles. The molecule has 0 unspecified atom stereocenters. The molecule has 1 amide bonds. The molecule has 0 aromatic heterocycles. The van der Waals surface area contributed by atoms with Crippen LogP contribution in [-0.4, -0.2) is 30.7 Å². The van der Waals surface area contributed by atoms with Crippen molar-refractivity contribution in [2.75, 3.05) is 5.32 Å². The zero-order valence-electron chi connectivity index (χ0n) is 14.7. The van der Waals surface area contributed by atoms with Crippen molar-refractivity contribution in [3.8, 4) is 0 Å². The topological polar surface area (TPSA) is 101 Å². The van der Waals surface area contributed by atoms with Gasteiger partial charge in [-0.25, -0.2) is 8.42 Å². The molecule has 2 aliphatic rings. The lowest BCUT2D eigenvalue weighted by Crippen LogP contribution is -2.32. The number of amides is 1. The summed E-state index contributed by atoms with van der Waals surface area (Å²) in [6, 6.07) is 6.18. The summed E-state index contributed by atoms with van der Waals surface area (Å²) in [7, 11) is -3.31. The molecule has 0 atom stereocenters. The van der Waals surface area contributed by atoms with Crippen LogP contribution in [0, 0.1) is 5.41 Å². The Morgan fingerprint density at radius 3 is 2.15 bits per heavy atom. The van der Waals surface area contributed by atoms with Crippen molar-refractivity contribution in [1.82, 2.24) is 0 Å². The highest BCUT2D eigenvalue weighted by atomic mass is 32.2. The number of nitrogens with one attached hydrogen (secondary N) is 1. The highest BCUT2D eigenvalue weighted by molar-refractivity contribution is 7.92. The van der Waals surface area contributed by atoms with Gasteiger partial charge in [0.05, 0.1) is 15.6 Å². The predicted octanol–water partition coefficient (Wildman–Crippen LogP) is 3.38. The van der Waals surface area contributed by atoms with Gasteiger partial charge >= 0.3 is 5.97 Å². The summed E-state index contributed by atoms with van der Waals surface area (Å²) in [5.74, 6) is -1.26. The maximum Gasteiger partial charge on any atom is 0.310 e. The zero-order valence-corrected chi connectivity index (χ0v) is 15.6. The van der Waals surface area contributed by atoms with Crippen LogP contribution in [0.25, 0.3) is 0 Å². The summed E-state index contributed by atoms with van der Waals surface area (Å²) in [5.41, 5.74) is -0.477. The third kappa shape index (κ3) is 3.77. The number of benzene rings is 1. The molecule has 0 radical (unpaired) electrons. The molecule has 142 valence electrons. The quantitative estimate of drug-likeness (QED) is 0.789. The van der Waals surface area contributed by atoms with Crippen LogP contribution in [0.5, 0.6) is 0 Å². The van der Waals surface area contributed by atoms with Crippen molar-refractivity contribution in [2.45, 2.75) is 67.9 Å². The van der Waals surface area contributed by atoms with Crippen molar-refractivity contribution < 1.29 is 23.1 Å². The predicted molar refractivity (Wildman–Crippen MR) is 97.7 cm³/mol. The number of aliphatic carboxylic acids is 1. The van der Waals surface area contributed by atoms with Gasteiger partial charge in [-0.2, -0.15) is 0 Å². The minimum atomic E-state index is -3.31. The third-order valence-corrected chi connectivity index (χ3v) is 8.00. The van der Waals surface area contributed by atoms with Crippen molar-refractivity contribution >= 4 is 27.4 Å². The van der Waals surface area contributed by atoms with Crippen LogP contribution in [0.3, 0.4) is 0 Å². The first-order valence-electron chi connectivity index (χ1n) is 9.21. The van der Waals surface area contributed by atoms with Gasteiger partial charge in [0.2, 0.25) is 5.91 Å². The van der Waals surface area contributed by atoms with Gasteiger partial charge in [-0.3, -0.25) is 9.59 Å². The van der Waals surface area contributed by atoms with Crippen LogP contribution in [0.4, 0.5) is 5.69 Å². The Hall–Kier alpha value is -1.89. The fraction of sp³-hybridized carbons (Fsp3) is 0.579. The zero-order chi connectivity index (χ0) is 18.8. The van der Waals surface area contributed by atoms with Gasteiger partial charge in [0.15, 0.2) is 9.84 Å². The summed E-state index contributed by atoms with van der Waals surface area (Å²) >= 11 is 0. The lowest BCUT2D eigenvalue weighted by atomic mass is 9.82. The fourth-order valence-corrected chi connectivity index (χ4v) is 6.00. The molecule has 26 heavy (non-hydrogen) atoms. The molecule has 2 aliphatic carbocycles. The molecule has 0 aliphatic heterocycles. The second-order valence-corrected chi connectivity index (χ2v) is 9.72. The number of sulfone groups is 1. The lowest BCUT2D eigenvalue weighted by Gasteiger charge is -2.22. The fourth-order valence-electron chi connectivity index (χ4n) is 4.15. The van der Waals surface area contributed by atoms with E-state index >= 15 is 0 Å². The first-order valence-corrected chi connectivity index (χ1v) is 10.8. The van der Waals surface area contributed by atoms with E-state index < -0.39 is 21.2 Å². The Bertz CT molecular complexity index is 773. The van der Waals surface area contributed by atoms with E-state index in [2.05, 4.69) is 5.32 Å². The van der Waals surface area contributed by atoms with Crippen molar-refractivity contribution in [3.63, 3.8) is 0 Å². The number of rotatable bonds is 6. The van der Waals surface area contributed by atoms with Crippen LogP contribution in [0.1, 0.15) is 57.8 Å². The van der Waals surface area contributed by atoms with Crippen molar-refractivity contribution in [2.24, 2.45) is 5.41 Å². The Kier molecular flexibility index (Phi) is 5.37. The molecule has 1 aromatic carbocycles. The Morgan fingerprint density at radius 1 is 1.04 bits per heavy atom. The molecule has 0 bridgehead atoms. The number of carbonyl (C=O) groups excluding carboxylic acids is 1. The van der Waals surface area contributed by atoms with E-state index in [1.54, 1.807) is 12.1 Å². The summed E-state index contributed by atoms with van der Waals surface area (Å²) in [6.07, 6.45) is 5.95. The molecule has 0 heterocycles. The van der Waals surface area contributed by atoms with Crippen LogP contribution < -0.4 is 5.32 Å². The highest BCUT2D eigenvalue weighted by Crippen LogP contribution is 2.41. The van der Waals surface area contributed by atoms with Crippen molar-refractivity contribution in [1.29, 1.82) is 0 Å². The van der Waals surface area contributed by atoms with Gasteiger partial charge in [0, 0.05) is 12.1 Å². The first kappa shape index (κ1) is 18.9. The minimum absolute atomic E-state index is 0.0511. The second-order valence-electron chi connectivity index (χ2n) is 7.49. The molecular formula is C19H25NO5S. The van der Waals surface area contributed by atoms with Gasteiger partial charge in [0.25, 0.3) is 0 Å². The minimum Gasteiger partial charge on any atom is -0.481 e. The van der Waals surface area contributed by atoms with Gasteiger partial charge in [0.1, 0.15) is 0 Å². The Morgan fingerprint density at radius 2 is 1.62 bits per heavy atom. The van der Waals surface area contributed by atoms with Gasteiger partial charge in [-0.15, -0.1) is 0 Å². The van der Waals surface area contributed by atoms with E-state index in [1.807, 2.05) is 0 Å². The largest absolute Gasteiger partial charge is 0.481 e. The molecule has 7 heteroatoms. The molecule has 1 aromatic rings. The molecule has 0 saturated heterocycles. The normalized spacial score (nSPS) is 20.2. The molecule has 2 N–H and O–H groups in total. The number of carboxylic acids is 1. The number of carboxylic acid groups (broad SMARTS) is 1. The van der Waals surface area contributed by atoms with E-state index in [-0.39, 0.29) is 22.5 Å². The van der Waals surface area contributed by atoms with E-state index in [1.165, 1.54) is 12.1 Å². The summed E-state index contributed by atoms with van der Waals surface area (Å²) in [6.45, 7) is 0. The lowest BCUT2D eigenvalue weighted by molar-refractivity contribution is -0.150. The van der Waals surface area contributed by atoms with E-state index in [0.29, 0.717) is 31.4 Å². The maximum atomic E-state index is 12.6. The van der Waals surface area contributed by atoms with Gasteiger partial charge in [-0.05, 0) is 49.9 Å². The second kappa shape index (κ2) is 7.39. The van der Waals surface area contributed by atoms with Gasteiger partial charge in [-0.1, -0.05) is 25.7 Å². The molecular weight excluding hydrogens is 354 g/mol. The van der Waals surface area contributed by atoms with E-state index in [4.69, 9.17) is 0 Å². The SMILES string of the molecule is O=C(CC1(C(=O)O)CCCC1)Nc1ccc(S(=O)(=O)C2CCCC2)cc1. The highest BCUT2D eigenvalue weighted by Gasteiger charge is 2.43. The number of hydrogen-bond donors (Lipinski definition) is 2. The Labute approximate surface area is 153 Å². The van der Waals surface area contributed by atoms with E-state index in [9.17, 15) is 23.1 Å². The molecule has 6 nitrogen and oxygen atoms in total.